The fourth-order valence-electron chi connectivity index (χ4n) is 1.09. The van der Waals surface area contributed by atoms with Crippen molar-refractivity contribution >= 4 is 5.97 Å². The van der Waals surface area contributed by atoms with E-state index >= 15 is 0 Å². The molecule has 2 N–H and O–H groups in total. The summed E-state index contributed by atoms with van der Waals surface area (Å²) < 4.78 is 4.27. The first-order valence-electron chi connectivity index (χ1n) is 4.41. The molecule has 2 atom stereocenters. The predicted molar refractivity (Wildman–Crippen MR) is 51.9 cm³/mol. The van der Waals surface area contributed by atoms with E-state index in [0.717, 1.165) is 7.11 Å². The maximum atomic E-state index is 11.0. The van der Waals surface area contributed by atoms with Gasteiger partial charge in [0.2, 0.25) is 0 Å². The van der Waals surface area contributed by atoms with E-state index in [1.54, 1.807) is 6.07 Å². The molecule has 0 aliphatic rings. The number of aliphatic hydroxyl groups is 2. The van der Waals surface area contributed by atoms with Gasteiger partial charge in [-0.2, -0.15) is 5.26 Å². The highest BCUT2D eigenvalue weighted by Gasteiger charge is 2.27. The number of carbonyl (C=O) groups is 1. The number of aliphatic hydroxyl groups excluding tert-OH is 2. The number of pyridine rings is 1. The van der Waals surface area contributed by atoms with Gasteiger partial charge < -0.3 is 14.9 Å². The van der Waals surface area contributed by atoms with Gasteiger partial charge in [0.05, 0.1) is 12.8 Å². The lowest BCUT2D eigenvalue weighted by Gasteiger charge is -2.14. The number of hydrogen-bond acceptors (Lipinski definition) is 6. The Balaban J connectivity index is 2.92. The molecular weight excluding hydrogens is 212 g/mol. The van der Waals surface area contributed by atoms with Gasteiger partial charge in [0, 0.05) is 0 Å². The maximum Gasteiger partial charge on any atom is 0.337 e. The molecule has 0 aliphatic heterocycles. The van der Waals surface area contributed by atoms with E-state index in [2.05, 4.69) is 9.72 Å². The van der Waals surface area contributed by atoms with Crippen LogP contribution >= 0.6 is 0 Å². The molecule has 0 aliphatic carbocycles. The summed E-state index contributed by atoms with van der Waals surface area (Å²) in [5, 5.41) is 27.5. The fraction of sp³-hybridized carbons (Fsp3) is 0.300. The Labute approximate surface area is 91.7 Å². The molecule has 1 aromatic rings. The summed E-state index contributed by atoms with van der Waals surface area (Å²) in [5.41, 5.74) is 0.130. The number of nitrogens with zero attached hydrogens (tertiary/aromatic N) is 2. The van der Waals surface area contributed by atoms with Gasteiger partial charge in [-0.05, 0) is 12.1 Å². The van der Waals surface area contributed by atoms with E-state index in [9.17, 15) is 15.0 Å². The molecule has 2 unspecified atom stereocenters. The van der Waals surface area contributed by atoms with Crippen molar-refractivity contribution in [3.05, 3.63) is 29.6 Å². The Kier molecular flexibility index (Phi) is 3.94. The summed E-state index contributed by atoms with van der Waals surface area (Å²) in [4.78, 5) is 14.7. The molecule has 0 bridgehead atoms. The predicted octanol–water partition coefficient (Wildman–Crippen LogP) is -0.479. The lowest BCUT2D eigenvalue weighted by atomic mass is 10.1. The number of hydrogen-bond donors (Lipinski definition) is 2. The van der Waals surface area contributed by atoms with Crippen LogP contribution in [-0.4, -0.2) is 34.4 Å². The van der Waals surface area contributed by atoms with Crippen LogP contribution in [0.5, 0.6) is 0 Å². The Hall–Kier alpha value is -1.97. The molecule has 6 heteroatoms. The minimum absolute atomic E-state index is 0.0388. The van der Waals surface area contributed by atoms with E-state index < -0.39 is 18.2 Å². The zero-order valence-corrected chi connectivity index (χ0v) is 8.49. The molecule has 1 aromatic heterocycles. The number of carbonyl (C=O) groups excluding carboxylic acids is 1. The van der Waals surface area contributed by atoms with Gasteiger partial charge >= 0.3 is 5.97 Å². The molecule has 0 radical (unpaired) electrons. The molecule has 0 aromatic carbocycles. The quantitative estimate of drug-likeness (QED) is 0.669. The van der Waals surface area contributed by atoms with Crippen LogP contribution in [0.4, 0.5) is 0 Å². The Morgan fingerprint density at radius 3 is 2.81 bits per heavy atom. The van der Waals surface area contributed by atoms with E-state index in [4.69, 9.17) is 5.26 Å². The third-order valence-corrected chi connectivity index (χ3v) is 1.93. The summed E-state index contributed by atoms with van der Waals surface area (Å²) in [6.45, 7) is 0. The lowest BCUT2D eigenvalue weighted by Crippen LogP contribution is -2.29. The van der Waals surface area contributed by atoms with Gasteiger partial charge in [-0.15, -0.1) is 0 Å². The minimum atomic E-state index is -1.72. The van der Waals surface area contributed by atoms with Crippen LogP contribution in [0.15, 0.2) is 18.2 Å². The highest BCUT2D eigenvalue weighted by atomic mass is 16.5. The molecule has 0 amide bonds. The first-order valence-corrected chi connectivity index (χ1v) is 4.41. The van der Waals surface area contributed by atoms with Crippen LogP contribution in [0.25, 0.3) is 0 Å². The van der Waals surface area contributed by atoms with Crippen molar-refractivity contribution in [3.8, 4) is 6.07 Å². The fourth-order valence-corrected chi connectivity index (χ4v) is 1.09. The Bertz CT molecular complexity index is 427. The van der Waals surface area contributed by atoms with Gasteiger partial charge in [-0.1, -0.05) is 6.07 Å². The molecular formula is C10H10N2O4. The third-order valence-electron chi connectivity index (χ3n) is 1.93. The Morgan fingerprint density at radius 2 is 2.25 bits per heavy atom. The first kappa shape index (κ1) is 12.1. The second kappa shape index (κ2) is 5.21. The van der Waals surface area contributed by atoms with Crippen molar-refractivity contribution in [2.45, 2.75) is 12.2 Å². The van der Waals surface area contributed by atoms with Crippen molar-refractivity contribution in [2.75, 3.05) is 7.11 Å². The molecule has 1 heterocycles. The van der Waals surface area contributed by atoms with Gasteiger partial charge in [0.25, 0.3) is 0 Å². The molecule has 0 saturated heterocycles. The van der Waals surface area contributed by atoms with Crippen LogP contribution < -0.4 is 0 Å². The SMILES string of the molecule is COC(=O)C(O)C(O)c1cccc(C#N)n1. The second-order valence-electron chi connectivity index (χ2n) is 2.97. The van der Waals surface area contributed by atoms with Crippen molar-refractivity contribution < 1.29 is 19.7 Å². The molecule has 1 rings (SSSR count). The third kappa shape index (κ3) is 2.53. The topological polar surface area (TPSA) is 103 Å². The summed E-state index contributed by atoms with van der Waals surface area (Å²) in [5.74, 6) is -0.961. The zero-order chi connectivity index (χ0) is 12.1. The van der Waals surface area contributed by atoms with Crippen LogP contribution in [-0.2, 0) is 9.53 Å². The Morgan fingerprint density at radius 1 is 1.56 bits per heavy atom. The molecule has 6 nitrogen and oxygen atoms in total. The van der Waals surface area contributed by atoms with E-state index in [0.29, 0.717) is 0 Å². The standard InChI is InChI=1S/C10H10N2O4/c1-16-10(15)9(14)8(13)7-4-2-3-6(5-11)12-7/h2-4,8-9,13-14H,1H3. The average Bonchev–Trinajstić information content (AvgIpc) is 2.36. The number of ether oxygens (including phenoxy) is 1. The monoisotopic (exact) mass is 222 g/mol. The van der Waals surface area contributed by atoms with Gasteiger partial charge in [0.15, 0.2) is 6.10 Å². The van der Waals surface area contributed by atoms with Crippen LogP contribution in [0.2, 0.25) is 0 Å². The average molecular weight is 222 g/mol. The van der Waals surface area contributed by atoms with E-state index in [1.807, 2.05) is 0 Å². The van der Waals surface area contributed by atoms with Crippen molar-refractivity contribution in [2.24, 2.45) is 0 Å². The highest BCUT2D eigenvalue weighted by molar-refractivity contribution is 5.75. The van der Waals surface area contributed by atoms with Gasteiger partial charge in [-0.25, -0.2) is 9.78 Å². The molecule has 0 saturated carbocycles. The minimum Gasteiger partial charge on any atom is -0.467 e. The van der Waals surface area contributed by atoms with Gasteiger partial charge in [0.1, 0.15) is 17.9 Å². The molecule has 16 heavy (non-hydrogen) atoms. The normalized spacial score (nSPS) is 13.6. The number of esters is 1. The smallest absolute Gasteiger partial charge is 0.337 e. The molecule has 0 spiro atoms. The number of nitriles is 1. The lowest BCUT2D eigenvalue weighted by molar-refractivity contribution is -0.157. The summed E-state index contributed by atoms with van der Waals surface area (Å²) in [6, 6.07) is 6.12. The summed E-state index contributed by atoms with van der Waals surface area (Å²) in [6.07, 6.45) is -3.23. The number of rotatable bonds is 3. The van der Waals surface area contributed by atoms with Crippen molar-refractivity contribution in [3.63, 3.8) is 0 Å². The summed E-state index contributed by atoms with van der Waals surface area (Å²) in [7, 11) is 1.09. The van der Waals surface area contributed by atoms with Crippen LogP contribution in [0, 0.1) is 11.3 Å². The number of aromatic nitrogens is 1. The molecule has 0 fully saturated rings. The zero-order valence-electron chi connectivity index (χ0n) is 8.49. The highest BCUT2D eigenvalue weighted by Crippen LogP contribution is 2.15. The van der Waals surface area contributed by atoms with Crippen molar-refractivity contribution in [1.29, 1.82) is 5.26 Å². The second-order valence-corrected chi connectivity index (χ2v) is 2.97. The van der Waals surface area contributed by atoms with E-state index in [-0.39, 0.29) is 11.4 Å². The van der Waals surface area contributed by atoms with Crippen LogP contribution in [0.1, 0.15) is 17.5 Å². The number of methoxy groups -OCH3 is 1. The van der Waals surface area contributed by atoms with Crippen molar-refractivity contribution in [1.82, 2.24) is 4.98 Å². The summed E-state index contributed by atoms with van der Waals surface area (Å²) >= 11 is 0. The van der Waals surface area contributed by atoms with Crippen LogP contribution in [0.3, 0.4) is 0 Å². The van der Waals surface area contributed by atoms with Gasteiger partial charge in [-0.3, -0.25) is 0 Å². The maximum absolute atomic E-state index is 11.0. The van der Waals surface area contributed by atoms with E-state index in [1.165, 1.54) is 18.2 Å². The first-order chi connectivity index (χ1) is 7.60. The largest absolute Gasteiger partial charge is 0.467 e. The molecule has 84 valence electrons.